The number of thioether (sulfide) groups is 1. The van der Waals surface area contributed by atoms with E-state index in [1.54, 1.807) is 11.8 Å². The Morgan fingerprint density at radius 2 is 2.06 bits per heavy atom. The molecule has 96 valence electrons. The molecule has 1 aromatic carbocycles. The molecule has 0 aliphatic carbocycles. The quantitative estimate of drug-likeness (QED) is 0.826. The molecule has 1 aromatic rings. The van der Waals surface area contributed by atoms with E-state index in [1.807, 2.05) is 35.4 Å². The summed E-state index contributed by atoms with van der Waals surface area (Å²) >= 11 is 1.70. The third kappa shape index (κ3) is 2.04. The summed E-state index contributed by atoms with van der Waals surface area (Å²) in [6.07, 6.45) is 3.26. The Bertz CT molecular complexity index is 443. The Labute approximate surface area is 112 Å². The summed E-state index contributed by atoms with van der Waals surface area (Å²) in [6, 6.07) is 7.91. The summed E-state index contributed by atoms with van der Waals surface area (Å²) in [7, 11) is 0. The van der Waals surface area contributed by atoms with E-state index in [0.717, 1.165) is 31.7 Å². The van der Waals surface area contributed by atoms with Crippen molar-refractivity contribution in [2.24, 2.45) is 5.41 Å². The minimum absolute atomic E-state index is 0.181. The average Bonchev–Trinajstić information content (AvgIpc) is 2.86. The number of carbonyl (C=O) groups excluding carboxylic acids is 1. The highest BCUT2D eigenvalue weighted by atomic mass is 32.2. The molecular formula is C14H18N2OS. The van der Waals surface area contributed by atoms with Gasteiger partial charge in [0.05, 0.1) is 0 Å². The van der Waals surface area contributed by atoms with Crippen LogP contribution in [0.25, 0.3) is 0 Å². The van der Waals surface area contributed by atoms with Gasteiger partial charge in [0.15, 0.2) is 0 Å². The van der Waals surface area contributed by atoms with Crippen molar-refractivity contribution in [2.45, 2.75) is 11.3 Å². The third-order valence-corrected chi connectivity index (χ3v) is 4.75. The molecule has 2 aliphatic rings. The molecule has 1 spiro atoms. The molecule has 2 fully saturated rings. The number of benzene rings is 1. The number of nitrogens with zero attached hydrogens (tertiary/aromatic N) is 1. The highest BCUT2D eigenvalue weighted by molar-refractivity contribution is 7.98. The van der Waals surface area contributed by atoms with Gasteiger partial charge in [0, 0.05) is 35.5 Å². The summed E-state index contributed by atoms with van der Waals surface area (Å²) in [5.74, 6) is 0.181. The van der Waals surface area contributed by atoms with Crippen molar-refractivity contribution in [2.75, 3.05) is 32.4 Å². The molecule has 18 heavy (non-hydrogen) atoms. The van der Waals surface area contributed by atoms with Crippen molar-refractivity contribution in [3.05, 3.63) is 29.8 Å². The van der Waals surface area contributed by atoms with Crippen molar-refractivity contribution in [3.8, 4) is 0 Å². The molecule has 0 unspecified atom stereocenters. The maximum atomic E-state index is 12.3. The van der Waals surface area contributed by atoms with Gasteiger partial charge in [-0.2, -0.15) is 0 Å². The predicted molar refractivity (Wildman–Crippen MR) is 74.0 cm³/mol. The van der Waals surface area contributed by atoms with Crippen LogP contribution < -0.4 is 5.32 Å². The van der Waals surface area contributed by atoms with E-state index in [4.69, 9.17) is 0 Å². The van der Waals surface area contributed by atoms with Crippen LogP contribution in [0.4, 0.5) is 0 Å². The first-order valence-corrected chi connectivity index (χ1v) is 7.59. The summed E-state index contributed by atoms with van der Waals surface area (Å²) in [4.78, 5) is 15.4. The second-order valence-corrected chi connectivity index (χ2v) is 6.20. The molecule has 2 heterocycles. The van der Waals surface area contributed by atoms with Crippen LogP contribution in [0.2, 0.25) is 0 Å². The van der Waals surface area contributed by atoms with Crippen LogP contribution >= 0.6 is 11.8 Å². The van der Waals surface area contributed by atoms with Crippen molar-refractivity contribution in [3.63, 3.8) is 0 Å². The Morgan fingerprint density at radius 3 is 2.61 bits per heavy atom. The van der Waals surface area contributed by atoms with E-state index in [9.17, 15) is 4.79 Å². The van der Waals surface area contributed by atoms with Gasteiger partial charge in [0.2, 0.25) is 0 Å². The fraction of sp³-hybridized carbons (Fsp3) is 0.500. The SMILES string of the molecule is CSc1ccc(C(=O)N2CC3(CCNC3)C2)cc1. The maximum Gasteiger partial charge on any atom is 0.253 e. The number of hydrogen-bond donors (Lipinski definition) is 1. The molecule has 0 aromatic heterocycles. The van der Waals surface area contributed by atoms with Crippen molar-refractivity contribution >= 4 is 17.7 Å². The number of amides is 1. The molecule has 3 nitrogen and oxygen atoms in total. The van der Waals surface area contributed by atoms with Gasteiger partial charge in [0.25, 0.3) is 5.91 Å². The second-order valence-electron chi connectivity index (χ2n) is 5.32. The first-order chi connectivity index (χ1) is 8.72. The lowest BCUT2D eigenvalue weighted by Crippen LogP contribution is -2.59. The molecular weight excluding hydrogens is 244 g/mol. The van der Waals surface area contributed by atoms with Crippen molar-refractivity contribution in [1.29, 1.82) is 0 Å². The van der Waals surface area contributed by atoms with E-state index >= 15 is 0 Å². The summed E-state index contributed by atoms with van der Waals surface area (Å²) < 4.78 is 0. The van der Waals surface area contributed by atoms with Crippen LogP contribution in [0, 0.1) is 5.41 Å². The van der Waals surface area contributed by atoms with Gasteiger partial charge in [0.1, 0.15) is 0 Å². The Balaban J connectivity index is 1.65. The number of nitrogens with one attached hydrogen (secondary N) is 1. The van der Waals surface area contributed by atoms with Crippen LogP contribution in [0.15, 0.2) is 29.2 Å². The van der Waals surface area contributed by atoms with E-state index in [-0.39, 0.29) is 5.91 Å². The zero-order valence-electron chi connectivity index (χ0n) is 10.6. The Morgan fingerprint density at radius 1 is 1.33 bits per heavy atom. The van der Waals surface area contributed by atoms with Gasteiger partial charge in [-0.1, -0.05) is 0 Å². The molecule has 0 radical (unpaired) electrons. The zero-order valence-corrected chi connectivity index (χ0v) is 11.4. The molecule has 2 saturated heterocycles. The molecule has 0 bridgehead atoms. The maximum absolute atomic E-state index is 12.3. The summed E-state index contributed by atoms with van der Waals surface area (Å²) in [5, 5.41) is 3.39. The smallest absolute Gasteiger partial charge is 0.253 e. The van der Waals surface area contributed by atoms with Crippen molar-refractivity contribution < 1.29 is 4.79 Å². The highest BCUT2D eigenvalue weighted by Gasteiger charge is 2.46. The van der Waals surface area contributed by atoms with Gasteiger partial charge in [-0.25, -0.2) is 0 Å². The molecule has 2 aliphatic heterocycles. The van der Waals surface area contributed by atoms with Crippen molar-refractivity contribution in [1.82, 2.24) is 10.2 Å². The fourth-order valence-electron chi connectivity index (χ4n) is 2.89. The molecule has 0 atom stereocenters. The molecule has 1 amide bonds. The predicted octanol–water partition coefficient (Wildman–Crippen LogP) is 1.84. The van der Waals surface area contributed by atoms with E-state index < -0.39 is 0 Å². The van der Waals surface area contributed by atoms with Gasteiger partial charge in [-0.05, 0) is 43.5 Å². The standard InChI is InChI=1S/C14H18N2OS/c1-18-12-4-2-11(3-5-12)13(17)16-9-14(10-16)6-7-15-8-14/h2-5,15H,6-10H2,1H3. The summed E-state index contributed by atoms with van der Waals surface area (Å²) in [5.41, 5.74) is 1.20. The monoisotopic (exact) mass is 262 g/mol. The highest BCUT2D eigenvalue weighted by Crippen LogP contribution is 2.36. The van der Waals surface area contributed by atoms with E-state index in [2.05, 4.69) is 5.32 Å². The zero-order chi connectivity index (χ0) is 12.6. The van der Waals surface area contributed by atoms with Crippen LogP contribution in [0.5, 0.6) is 0 Å². The molecule has 1 N–H and O–H groups in total. The van der Waals surface area contributed by atoms with Crippen LogP contribution in [-0.2, 0) is 0 Å². The first kappa shape index (κ1) is 12.1. The fourth-order valence-corrected chi connectivity index (χ4v) is 3.30. The minimum Gasteiger partial charge on any atom is -0.337 e. The number of likely N-dealkylation sites (tertiary alicyclic amines) is 1. The summed E-state index contributed by atoms with van der Waals surface area (Å²) in [6.45, 7) is 4.01. The van der Waals surface area contributed by atoms with Crippen LogP contribution in [0.1, 0.15) is 16.8 Å². The molecule has 4 heteroatoms. The Kier molecular flexibility index (Phi) is 3.08. The van der Waals surface area contributed by atoms with Gasteiger partial charge in [-0.3, -0.25) is 4.79 Å². The van der Waals surface area contributed by atoms with E-state index in [0.29, 0.717) is 5.41 Å². The average molecular weight is 262 g/mol. The lowest BCUT2D eigenvalue weighted by molar-refractivity contribution is 0.0159. The van der Waals surface area contributed by atoms with Gasteiger partial charge >= 0.3 is 0 Å². The number of hydrogen-bond acceptors (Lipinski definition) is 3. The van der Waals surface area contributed by atoms with Crippen LogP contribution in [-0.4, -0.2) is 43.2 Å². The lowest BCUT2D eigenvalue weighted by Gasteiger charge is -2.47. The second kappa shape index (κ2) is 4.59. The normalized spacial score (nSPS) is 21.1. The molecule has 3 rings (SSSR count). The van der Waals surface area contributed by atoms with Gasteiger partial charge in [-0.15, -0.1) is 11.8 Å². The largest absolute Gasteiger partial charge is 0.337 e. The van der Waals surface area contributed by atoms with Gasteiger partial charge < -0.3 is 10.2 Å². The lowest BCUT2D eigenvalue weighted by atomic mass is 9.79. The van der Waals surface area contributed by atoms with Crippen LogP contribution in [0.3, 0.4) is 0 Å². The third-order valence-electron chi connectivity index (χ3n) is 4.01. The topological polar surface area (TPSA) is 32.3 Å². The molecule has 0 saturated carbocycles. The first-order valence-electron chi connectivity index (χ1n) is 6.37. The van der Waals surface area contributed by atoms with E-state index in [1.165, 1.54) is 11.3 Å². The Hall–Kier alpha value is -1.00. The number of rotatable bonds is 2. The minimum atomic E-state index is 0.181. The number of carbonyl (C=O) groups is 1.